The number of carboxylic acid groups (broad SMARTS) is 1. The lowest BCUT2D eigenvalue weighted by atomic mass is 9.96. The summed E-state index contributed by atoms with van der Waals surface area (Å²) in [6.45, 7) is 1.36. The minimum Gasteiger partial charge on any atom is -0.497 e. The molecule has 0 heterocycles. The molecule has 0 saturated carbocycles. The third-order valence-electron chi connectivity index (χ3n) is 6.52. The summed E-state index contributed by atoms with van der Waals surface area (Å²) in [4.78, 5) is 25.7. The van der Waals surface area contributed by atoms with Crippen molar-refractivity contribution in [2.75, 3.05) is 34.4 Å². The summed E-state index contributed by atoms with van der Waals surface area (Å²) in [6, 6.07) is 24.4. The predicted molar refractivity (Wildman–Crippen MR) is 172 cm³/mol. The zero-order valence-electron chi connectivity index (χ0n) is 24.0. The highest BCUT2D eigenvalue weighted by molar-refractivity contribution is 9.10. The first kappa shape index (κ1) is 34.0. The van der Waals surface area contributed by atoms with Crippen LogP contribution in [0.1, 0.15) is 49.1 Å². The first-order chi connectivity index (χ1) is 20.6. The van der Waals surface area contributed by atoms with E-state index in [1.165, 1.54) is 19.2 Å². The summed E-state index contributed by atoms with van der Waals surface area (Å²) in [5, 5.41) is 29.0. The molecular formula is C33H33Br2NO7. The van der Waals surface area contributed by atoms with Crippen LogP contribution in [-0.4, -0.2) is 66.4 Å². The fourth-order valence-corrected chi connectivity index (χ4v) is 5.05. The van der Waals surface area contributed by atoms with E-state index in [2.05, 4.69) is 31.9 Å². The lowest BCUT2D eigenvalue weighted by molar-refractivity contribution is 0.0692. The van der Waals surface area contributed by atoms with Gasteiger partial charge in [-0.2, -0.15) is 0 Å². The molecule has 0 aliphatic rings. The maximum absolute atomic E-state index is 12.5. The largest absolute Gasteiger partial charge is 0.497 e. The molecule has 3 N–H and O–H groups in total. The molecule has 0 radical (unpaired) electrons. The second-order valence-corrected chi connectivity index (χ2v) is 11.4. The molecule has 0 aliphatic carbocycles. The highest BCUT2D eigenvalue weighted by Crippen LogP contribution is 2.30. The molecule has 10 heteroatoms. The number of aliphatic hydroxyl groups is 2. The molecular weight excluding hydrogens is 682 g/mol. The van der Waals surface area contributed by atoms with E-state index in [0.29, 0.717) is 28.9 Å². The average Bonchev–Trinajstić information content (AvgIpc) is 3.01. The van der Waals surface area contributed by atoms with Crippen molar-refractivity contribution in [2.45, 2.75) is 12.6 Å². The van der Waals surface area contributed by atoms with Crippen LogP contribution in [0.25, 0.3) is 0 Å². The van der Waals surface area contributed by atoms with Crippen molar-refractivity contribution >= 4 is 43.6 Å². The van der Waals surface area contributed by atoms with Crippen molar-refractivity contribution in [1.29, 1.82) is 0 Å². The minimum absolute atomic E-state index is 0.0268. The summed E-state index contributed by atoms with van der Waals surface area (Å²) >= 11 is 6.72. The van der Waals surface area contributed by atoms with E-state index < -0.39 is 12.1 Å². The zero-order chi connectivity index (χ0) is 31.5. The van der Waals surface area contributed by atoms with E-state index in [-0.39, 0.29) is 23.5 Å². The summed E-state index contributed by atoms with van der Waals surface area (Å²) in [6.07, 6.45) is -0.736. The number of methoxy groups -OCH3 is 2. The van der Waals surface area contributed by atoms with E-state index in [0.717, 1.165) is 26.9 Å². The van der Waals surface area contributed by atoms with Crippen LogP contribution in [0.5, 0.6) is 11.5 Å². The van der Waals surface area contributed by atoms with Crippen molar-refractivity contribution < 1.29 is 34.4 Å². The Labute approximate surface area is 267 Å². The van der Waals surface area contributed by atoms with E-state index in [1.54, 1.807) is 37.4 Å². The Bertz CT molecular complexity index is 1560. The molecule has 1 atom stereocenters. The van der Waals surface area contributed by atoms with Crippen LogP contribution < -0.4 is 9.47 Å². The molecule has 8 nitrogen and oxygen atoms in total. The van der Waals surface area contributed by atoms with Gasteiger partial charge in [0.25, 0.3) is 0 Å². The normalized spacial score (nSPS) is 11.3. The standard InChI is InChI=1S/C18H22BrNO3.C15H11BrO4/c1-20(8-9-21)12-14-6-7-15(19)11-17(14)18(22)13-4-3-5-16(10-13)23-2;1-20-11-4-2-3-9(7-11)14(17)13-8-10(16)5-6-12(13)15(18)19/h3-7,10-11,18,21-22H,8-9,12H2,1-2H3;2-8H,1H3,(H,18,19). The molecule has 0 aliphatic heterocycles. The van der Waals surface area contributed by atoms with Crippen molar-refractivity contribution in [2.24, 2.45) is 0 Å². The van der Waals surface area contributed by atoms with Gasteiger partial charge in [-0.25, -0.2) is 4.79 Å². The lowest BCUT2D eigenvalue weighted by Gasteiger charge is -2.21. The predicted octanol–water partition coefficient (Wildman–Crippen LogP) is 6.35. The van der Waals surface area contributed by atoms with Gasteiger partial charge in [-0.1, -0.05) is 62.2 Å². The molecule has 226 valence electrons. The monoisotopic (exact) mass is 713 g/mol. The van der Waals surface area contributed by atoms with Gasteiger partial charge in [0.1, 0.15) is 17.6 Å². The lowest BCUT2D eigenvalue weighted by Crippen LogP contribution is -2.22. The third kappa shape index (κ3) is 9.47. The number of halogens is 2. The minimum atomic E-state index is -1.14. The molecule has 4 rings (SSSR count). The molecule has 0 saturated heterocycles. The number of ether oxygens (including phenoxy) is 2. The fraction of sp³-hybridized carbons (Fsp3) is 0.212. The number of nitrogens with zero attached hydrogens (tertiary/aromatic N) is 1. The van der Waals surface area contributed by atoms with Gasteiger partial charge in [0.15, 0.2) is 5.78 Å². The molecule has 4 aromatic carbocycles. The van der Waals surface area contributed by atoms with E-state index in [9.17, 15) is 14.7 Å². The van der Waals surface area contributed by atoms with Gasteiger partial charge in [0, 0.05) is 33.2 Å². The second kappa shape index (κ2) is 16.3. The van der Waals surface area contributed by atoms with Crippen LogP contribution in [0.15, 0.2) is 93.9 Å². The van der Waals surface area contributed by atoms with Gasteiger partial charge in [-0.3, -0.25) is 9.69 Å². The summed E-state index contributed by atoms with van der Waals surface area (Å²) in [7, 11) is 5.06. The number of ketones is 1. The summed E-state index contributed by atoms with van der Waals surface area (Å²) in [5.41, 5.74) is 3.15. The Morgan fingerprint density at radius 3 is 2.12 bits per heavy atom. The number of rotatable bonds is 11. The van der Waals surface area contributed by atoms with Crippen molar-refractivity contribution in [3.8, 4) is 11.5 Å². The number of aliphatic hydroxyl groups excluding tert-OH is 2. The van der Waals surface area contributed by atoms with Crippen LogP contribution in [0, 0.1) is 0 Å². The number of aromatic carboxylic acids is 1. The Kier molecular flexibility index (Phi) is 12.9. The summed E-state index contributed by atoms with van der Waals surface area (Å²) in [5.74, 6) is -0.232. The van der Waals surface area contributed by atoms with Crippen LogP contribution in [0.2, 0.25) is 0 Å². The molecule has 0 spiro atoms. The highest BCUT2D eigenvalue weighted by Gasteiger charge is 2.19. The van der Waals surface area contributed by atoms with Crippen molar-refractivity contribution in [3.63, 3.8) is 0 Å². The quantitative estimate of drug-likeness (QED) is 0.154. The van der Waals surface area contributed by atoms with Gasteiger partial charge >= 0.3 is 5.97 Å². The average molecular weight is 715 g/mol. The van der Waals surface area contributed by atoms with E-state index in [4.69, 9.17) is 19.7 Å². The third-order valence-corrected chi connectivity index (χ3v) is 7.51. The molecule has 4 aromatic rings. The molecule has 0 fully saturated rings. The van der Waals surface area contributed by atoms with E-state index >= 15 is 0 Å². The number of hydrogen-bond donors (Lipinski definition) is 3. The van der Waals surface area contributed by atoms with Gasteiger partial charge in [0.2, 0.25) is 0 Å². The number of benzene rings is 4. The maximum Gasteiger partial charge on any atom is 0.336 e. The number of likely N-dealkylation sites (N-methyl/N-ethyl adjacent to an activating group) is 1. The van der Waals surface area contributed by atoms with Crippen LogP contribution >= 0.6 is 31.9 Å². The second-order valence-electron chi connectivity index (χ2n) is 9.54. The van der Waals surface area contributed by atoms with Gasteiger partial charge in [-0.15, -0.1) is 0 Å². The van der Waals surface area contributed by atoms with Crippen molar-refractivity contribution in [3.05, 3.63) is 127 Å². The Balaban J connectivity index is 0.000000238. The molecule has 43 heavy (non-hydrogen) atoms. The van der Waals surface area contributed by atoms with Crippen LogP contribution in [0.4, 0.5) is 0 Å². The first-order valence-corrected chi connectivity index (χ1v) is 14.8. The Morgan fingerprint density at radius 2 is 1.47 bits per heavy atom. The number of carbonyl (C=O) groups excluding carboxylic acids is 1. The molecule has 0 bridgehead atoms. The first-order valence-electron chi connectivity index (χ1n) is 13.2. The van der Waals surface area contributed by atoms with E-state index in [1.807, 2.05) is 54.4 Å². The fourth-order valence-electron chi connectivity index (χ4n) is 4.31. The smallest absolute Gasteiger partial charge is 0.336 e. The highest BCUT2D eigenvalue weighted by atomic mass is 79.9. The van der Waals surface area contributed by atoms with Crippen molar-refractivity contribution in [1.82, 2.24) is 4.90 Å². The topological polar surface area (TPSA) is 117 Å². The molecule has 0 aromatic heterocycles. The Morgan fingerprint density at radius 1 is 0.837 bits per heavy atom. The maximum atomic E-state index is 12.5. The van der Waals surface area contributed by atoms with Crippen LogP contribution in [0.3, 0.4) is 0 Å². The number of carboxylic acids is 1. The Hall–Kier alpha value is -3.54. The number of carbonyl (C=O) groups is 2. The summed E-state index contributed by atoms with van der Waals surface area (Å²) < 4.78 is 11.9. The van der Waals surface area contributed by atoms with Crippen LogP contribution in [-0.2, 0) is 6.54 Å². The van der Waals surface area contributed by atoms with Gasteiger partial charge in [0.05, 0.1) is 26.4 Å². The zero-order valence-corrected chi connectivity index (χ0v) is 27.1. The van der Waals surface area contributed by atoms with Gasteiger partial charge < -0.3 is 24.8 Å². The molecule has 1 unspecified atom stereocenters. The van der Waals surface area contributed by atoms with Gasteiger partial charge in [-0.05, 0) is 78.3 Å². The SMILES string of the molecule is COc1cccc(C(=O)c2cc(Br)ccc2C(=O)O)c1.COc1cccc(C(O)c2cc(Br)ccc2CN(C)CCO)c1. The molecule has 0 amide bonds. The number of hydrogen-bond acceptors (Lipinski definition) is 7.